The highest BCUT2D eigenvalue weighted by molar-refractivity contribution is 7.16. The van der Waals surface area contributed by atoms with Gasteiger partial charge in [-0.25, -0.2) is 4.98 Å². The molecule has 17 heavy (non-hydrogen) atoms. The van der Waals surface area contributed by atoms with Gasteiger partial charge in [-0.15, -0.1) is 11.6 Å². The van der Waals surface area contributed by atoms with E-state index in [1.165, 1.54) is 11.3 Å². The number of alkyl halides is 1. The standard InChI is InChI=1S/C10H14Cl2N2O2S/c1-15-6-4-14(5-7(6)16-2)10-13-9(12)8(3-11)17-10/h6-7H,3-5H2,1-2H3. The van der Waals surface area contributed by atoms with Crippen LogP contribution in [-0.2, 0) is 15.4 Å². The van der Waals surface area contributed by atoms with Crippen LogP contribution < -0.4 is 4.90 Å². The molecule has 2 rings (SSSR count). The fourth-order valence-electron chi connectivity index (χ4n) is 1.89. The normalized spacial score (nSPS) is 24.6. The molecule has 96 valence electrons. The van der Waals surface area contributed by atoms with Gasteiger partial charge in [0.1, 0.15) is 17.4 Å². The van der Waals surface area contributed by atoms with Crippen LogP contribution in [0.3, 0.4) is 0 Å². The van der Waals surface area contributed by atoms with Gasteiger partial charge in [0, 0.05) is 27.3 Å². The van der Waals surface area contributed by atoms with E-state index < -0.39 is 0 Å². The summed E-state index contributed by atoms with van der Waals surface area (Å²) in [6, 6.07) is 0. The Labute approximate surface area is 114 Å². The van der Waals surface area contributed by atoms with Crippen LogP contribution in [0.1, 0.15) is 4.88 Å². The number of ether oxygens (including phenoxy) is 2. The minimum Gasteiger partial charge on any atom is -0.377 e. The Morgan fingerprint density at radius 1 is 1.35 bits per heavy atom. The molecule has 7 heteroatoms. The highest BCUT2D eigenvalue weighted by Crippen LogP contribution is 2.33. The largest absolute Gasteiger partial charge is 0.377 e. The molecule has 0 bridgehead atoms. The predicted octanol–water partition coefficient (Wildman–Crippen LogP) is 2.39. The minimum atomic E-state index is 0.0714. The zero-order valence-corrected chi connectivity index (χ0v) is 12.0. The number of hydrogen-bond acceptors (Lipinski definition) is 5. The predicted molar refractivity (Wildman–Crippen MR) is 70.5 cm³/mol. The van der Waals surface area contributed by atoms with Gasteiger partial charge in [-0.2, -0.15) is 0 Å². The van der Waals surface area contributed by atoms with Crippen molar-refractivity contribution in [1.82, 2.24) is 4.98 Å². The lowest BCUT2D eigenvalue weighted by atomic mass is 10.3. The smallest absolute Gasteiger partial charge is 0.187 e. The van der Waals surface area contributed by atoms with E-state index in [9.17, 15) is 0 Å². The zero-order chi connectivity index (χ0) is 12.4. The van der Waals surface area contributed by atoms with E-state index in [1.807, 2.05) is 0 Å². The number of thiazole rings is 1. The van der Waals surface area contributed by atoms with Gasteiger partial charge in [-0.3, -0.25) is 0 Å². The summed E-state index contributed by atoms with van der Waals surface area (Å²) in [7, 11) is 3.39. The van der Waals surface area contributed by atoms with Gasteiger partial charge in [0.2, 0.25) is 0 Å². The lowest BCUT2D eigenvalue weighted by Gasteiger charge is -2.13. The second kappa shape index (κ2) is 5.71. The molecule has 2 unspecified atom stereocenters. The first-order valence-corrected chi connectivity index (χ1v) is 6.94. The Morgan fingerprint density at radius 3 is 2.35 bits per heavy atom. The van der Waals surface area contributed by atoms with Crippen molar-refractivity contribution in [2.24, 2.45) is 0 Å². The van der Waals surface area contributed by atoms with E-state index in [0.29, 0.717) is 11.0 Å². The summed E-state index contributed by atoms with van der Waals surface area (Å²) in [6.07, 6.45) is 0.143. The molecule has 1 saturated heterocycles. The number of methoxy groups -OCH3 is 2. The van der Waals surface area contributed by atoms with Crippen molar-refractivity contribution in [2.75, 3.05) is 32.2 Å². The molecular formula is C10H14Cl2N2O2S. The molecule has 0 spiro atoms. The molecule has 0 saturated carbocycles. The summed E-state index contributed by atoms with van der Waals surface area (Å²) in [5.41, 5.74) is 0. The van der Waals surface area contributed by atoms with Crippen LogP contribution in [0.25, 0.3) is 0 Å². The van der Waals surface area contributed by atoms with Gasteiger partial charge >= 0.3 is 0 Å². The van der Waals surface area contributed by atoms with Crippen molar-refractivity contribution in [3.63, 3.8) is 0 Å². The molecule has 2 heterocycles. The number of rotatable bonds is 4. The van der Waals surface area contributed by atoms with E-state index in [0.717, 1.165) is 23.1 Å². The lowest BCUT2D eigenvalue weighted by molar-refractivity contribution is -0.00461. The van der Waals surface area contributed by atoms with E-state index in [4.69, 9.17) is 32.7 Å². The number of halogens is 2. The number of anilines is 1. The molecule has 0 aromatic carbocycles. The van der Waals surface area contributed by atoms with E-state index in [2.05, 4.69) is 9.88 Å². The van der Waals surface area contributed by atoms with Crippen LogP contribution in [0.4, 0.5) is 5.13 Å². The van der Waals surface area contributed by atoms with Crippen LogP contribution in [0.2, 0.25) is 5.15 Å². The lowest BCUT2D eigenvalue weighted by Crippen LogP contribution is -2.27. The van der Waals surface area contributed by atoms with Crippen LogP contribution in [0.5, 0.6) is 0 Å². The molecule has 1 fully saturated rings. The molecule has 1 aromatic rings. The maximum atomic E-state index is 5.99. The highest BCUT2D eigenvalue weighted by Gasteiger charge is 2.34. The van der Waals surface area contributed by atoms with Gasteiger partial charge in [0.15, 0.2) is 5.13 Å². The van der Waals surface area contributed by atoms with Crippen molar-refractivity contribution in [3.8, 4) is 0 Å². The monoisotopic (exact) mass is 296 g/mol. The van der Waals surface area contributed by atoms with Crippen molar-refractivity contribution < 1.29 is 9.47 Å². The minimum absolute atomic E-state index is 0.0714. The molecule has 2 atom stereocenters. The SMILES string of the molecule is COC1CN(c2nc(Cl)c(CCl)s2)CC1OC. The third-order valence-corrected chi connectivity index (χ3v) is 4.82. The third kappa shape index (κ3) is 2.69. The average Bonchev–Trinajstić information content (AvgIpc) is 2.91. The molecule has 1 aliphatic heterocycles. The first-order chi connectivity index (χ1) is 8.19. The summed E-state index contributed by atoms with van der Waals surface area (Å²) >= 11 is 13.3. The summed E-state index contributed by atoms with van der Waals surface area (Å²) in [4.78, 5) is 7.34. The Kier molecular flexibility index (Phi) is 4.49. The maximum absolute atomic E-state index is 5.99. The second-order valence-electron chi connectivity index (χ2n) is 3.80. The summed E-state index contributed by atoms with van der Waals surface area (Å²) in [6.45, 7) is 1.53. The zero-order valence-electron chi connectivity index (χ0n) is 9.65. The van der Waals surface area contributed by atoms with Crippen molar-refractivity contribution in [1.29, 1.82) is 0 Å². The van der Waals surface area contributed by atoms with Gasteiger partial charge in [0.05, 0.1) is 10.8 Å². The van der Waals surface area contributed by atoms with Crippen molar-refractivity contribution in [2.45, 2.75) is 18.1 Å². The van der Waals surface area contributed by atoms with Crippen LogP contribution in [0, 0.1) is 0 Å². The molecule has 1 aliphatic rings. The fraction of sp³-hybridized carbons (Fsp3) is 0.700. The van der Waals surface area contributed by atoms with Crippen molar-refractivity contribution >= 4 is 39.7 Å². The molecule has 0 radical (unpaired) electrons. The Bertz CT molecular complexity index is 376. The first kappa shape index (κ1) is 13.4. The van der Waals surface area contributed by atoms with E-state index >= 15 is 0 Å². The maximum Gasteiger partial charge on any atom is 0.187 e. The highest BCUT2D eigenvalue weighted by atomic mass is 35.5. The Hall–Kier alpha value is -0.0700. The van der Waals surface area contributed by atoms with Gasteiger partial charge in [0.25, 0.3) is 0 Å². The van der Waals surface area contributed by atoms with Gasteiger partial charge in [-0.05, 0) is 0 Å². The van der Waals surface area contributed by atoms with Gasteiger partial charge in [-0.1, -0.05) is 22.9 Å². The number of nitrogens with zero attached hydrogens (tertiary/aromatic N) is 2. The molecular weight excluding hydrogens is 283 g/mol. The average molecular weight is 297 g/mol. The fourth-order valence-corrected chi connectivity index (χ4v) is 3.38. The summed E-state index contributed by atoms with van der Waals surface area (Å²) in [5.74, 6) is 0.395. The molecule has 0 amide bonds. The Balaban J connectivity index is 2.13. The van der Waals surface area contributed by atoms with Crippen LogP contribution in [-0.4, -0.2) is 44.5 Å². The molecule has 4 nitrogen and oxygen atoms in total. The van der Waals surface area contributed by atoms with Crippen LogP contribution >= 0.6 is 34.5 Å². The number of hydrogen-bond donors (Lipinski definition) is 0. The van der Waals surface area contributed by atoms with E-state index in [-0.39, 0.29) is 12.2 Å². The molecule has 0 N–H and O–H groups in total. The first-order valence-electron chi connectivity index (χ1n) is 5.21. The molecule has 0 aliphatic carbocycles. The quantitative estimate of drug-likeness (QED) is 0.799. The summed E-state index contributed by atoms with van der Waals surface area (Å²) in [5, 5.41) is 1.38. The third-order valence-electron chi connectivity index (χ3n) is 2.85. The summed E-state index contributed by atoms with van der Waals surface area (Å²) < 4.78 is 10.8. The van der Waals surface area contributed by atoms with Crippen LogP contribution in [0.15, 0.2) is 0 Å². The van der Waals surface area contributed by atoms with E-state index in [1.54, 1.807) is 14.2 Å². The number of aromatic nitrogens is 1. The topological polar surface area (TPSA) is 34.6 Å². The van der Waals surface area contributed by atoms with Gasteiger partial charge < -0.3 is 14.4 Å². The van der Waals surface area contributed by atoms with Crippen molar-refractivity contribution in [3.05, 3.63) is 10.0 Å². The second-order valence-corrected chi connectivity index (χ2v) is 5.48. The Morgan fingerprint density at radius 2 is 1.94 bits per heavy atom. The molecule has 1 aromatic heterocycles.